The molecule has 1 aliphatic rings. The summed E-state index contributed by atoms with van der Waals surface area (Å²) in [5.41, 5.74) is 2.77. The molecule has 116 valence electrons. The highest BCUT2D eigenvalue weighted by molar-refractivity contribution is 5.98. The SMILES string of the molecule is Cc1ccnc2ccc(C(=O)N3CCC(n4ccnn4)C3)cc12. The van der Waals surface area contributed by atoms with E-state index in [1.165, 1.54) is 0 Å². The number of pyridine rings is 1. The van der Waals surface area contributed by atoms with Crippen LogP contribution in [-0.2, 0) is 0 Å². The van der Waals surface area contributed by atoms with Crippen molar-refractivity contribution in [2.45, 2.75) is 19.4 Å². The molecule has 4 rings (SSSR count). The second-order valence-corrected chi connectivity index (χ2v) is 5.94. The Balaban J connectivity index is 1.59. The minimum Gasteiger partial charge on any atom is -0.336 e. The van der Waals surface area contributed by atoms with E-state index < -0.39 is 0 Å². The number of likely N-dealkylation sites (tertiary alicyclic amines) is 1. The summed E-state index contributed by atoms with van der Waals surface area (Å²) in [6.07, 6.45) is 6.22. The van der Waals surface area contributed by atoms with Gasteiger partial charge in [-0.25, -0.2) is 4.68 Å². The fraction of sp³-hybridized carbons (Fsp3) is 0.294. The van der Waals surface area contributed by atoms with Crippen molar-refractivity contribution in [2.24, 2.45) is 0 Å². The average molecular weight is 307 g/mol. The van der Waals surface area contributed by atoms with E-state index in [1.54, 1.807) is 12.4 Å². The number of nitrogens with zero attached hydrogens (tertiary/aromatic N) is 5. The Morgan fingerprint density at radius 3 is 3.00 bits per heavy atom. The largest absolute Gasteiger partial charge is 0.336 e. The number of fused-ring (bicyclic) bond motifs is 1. The van der Waals surface area contributed by atoms with Crippen molar-refractivity contribution in [1.29, 1.82) is 0 Å². The normalized spacial score (nSPS) is 17.8. The van der Waals surface area contributed by atoms with Crippen LogP contribution < -0.4 is 0 Å². The number of aromatic nitrogens is 4. The molecule has 0 bridgehead atoms. The second kappa shape index (κ2) is 5.46. The van der Waals surface area contributed by atoms with E-state index in [2.05, 4.69) is 15.3 Å². The number of rotatable bonds is 2. The topological polar surface area (TPSA) is 63.9 Å². The summed E-state index contributed by atoms with van der Waals surface area (Å²) in [5, 5.41) is 8.91. The van der Waals surface area contributed by atoms with E-state index in [0.717, 1.165) is 29.4 Å². The molecule has 1 aromatic carbocycles. The van der Waals surface area contributed by atoms with Gasteiger partial charge in [0.25, 0.3) is 5.91 Å². The van der Waals surface area contributed by atoms with Crippen LogP contribution in [0.2, 0.25) is 0 Å². The van der Waals surface area contributed by atoms with Gasteiger partial charge in [0.2, 0.25) is 0 Å². The fourth-order valence-corrected chi connectivity index (χ4v) is 3.15. The van der Waals surface area contributed by atoms with E-state index in [-0.39, 0.29) is 11.9 Å². The van der Waals surface area contributed by atoms with Crippen molar-refractivity contribution in [3.8, 4) is 0 Å². The Bertz CT molecular complexity index is 859. The van der Waals surface area contributed by atoms with E-state index in [9.17, 15) is 4.79 Å². The van der Waals surface area contributed by atoms with Gasteiger partial charge < -0.3 is 4.90 Å². The first-order chi connectivity index (χ1) is 11.2. The van der Waals surface area contributed by atoms with Crippen molar-refractivity contribution in [3.63, 3.8) is 0 Å². The van der Waals surface area contributed by atoms with Crippen LogP contribution in [-0.4, -0.2) is 43.9 Å². The maximum absolute atomic E-state index is 12.8. The summed E-state index contributed by atoms with van der Waals surface area (Å²) in [6.45, 7) is 3.45. The molecule has 3 aromatic rings. The number of carbonyl (C=O) groups is 1. The summed E-state index contributed by atoms with van der Waals surface area (Å²) in [7, 11) is 0. The van der Waals surface area contributed by atoms with Crippen molar-refractivity contribution in [3.05, 3.63) is 54.0 Å². The molecule has 2 aromatic heterocycles. The van der Waals surface area contributed by atoms with Gasteiger partial charge in [0.15, 0.2) is 0 Å². The third-order valence-electron chi connectivity index (χ3n) is 4.47. The third-order valence-corrected chi connectivity index (χ3v) is 4.47. The summed E-state index contributed by atoms with van der Waals surface area (Å²) in [5.74, 6) is 0.0674. The van der Waals surface area contributed by atoms with Gasteiger partial charge in [0.05, 0.1) is 17.8 Å². The highest BCUT2D eigenvalue weighted by Crippen LogP contribution is 2.24. The van der Waals surface area contributed by atoms with E-state index in [4.69, 9.17) is 0 Å². The second-order valence-electron chi connectivity index (χ2n) is 5.94. The Morgan fingerprint density at radius 1 is 1.26 bits per heavy atom. The molecular weight excluding hydrogens is 290 g/mol. The molecule has 1 aliphatic heterocycles. The summed E-state index contributed by atoms with van der Waals surface area (Å²) in [4.78, 5) is 19.0. The molecule has 6 nitrogen and oxygen atoms in total. The van der Waals surface area contributed by atoms with Crippen LogP contribution in [0.3, 0.4) is 0 Å². The minimum absolute atomic E-state index is 0.0674. The number of hydrogen-bond acceptors (Lipinski definition) is 4. The first-order valence-electron chi connectivity index (χ1n) is 7.73. The van der Waals surface area contributed by atoms with Crippen LogP contribution in [0.25, 0.3) is 10.9 Å². The first kappa shape index (κ1) is 13.9. The van der Waals surface area contributed by atoms with Crippen LogP contribution in [0.4, 0.5) is 0 Å². The molecule has 1 fully saturated rings. The van der Waals surface area contributed by atoms with Crippen molar-refractivity contribution in [1.82, 2.24) is 24.9 Å². The van der Waals surface area contributed by atoms with E-state index in [1.807, 2.05) is 47.0 Å². The number of aryl methyl sites for hydroxylation is 1. The van der Waals surface area contributed by atoms with Gasteiger partial charge in [-0.05, 0) is 43.2 Å². The Kier molecular flexibility index (Phi) is 3.29. The van der Waals surface area contributed by atoms with E-state index in [0.29, 0.717) is 12.1 Å². The standard InChI is InChI=1S/C17H17N5O/c1-12-4-6-18-16-3-2-13(10-15(12)16)17(23)21-8-5-14(11-21)22-9-7-19-20-22/h2-4,6-7,9-10,14H,5,8,11H2,1H3. The lowest BCUT2D eigenvalue weighted by Gasteiger charge is -2.17. The van der Waals surface area contributed by atoms with Crippen LogP contribution in [0.5, 0.6) is 0 Å². The van der Waals surface area contributed by atoms with Gasteiger partial charge in [-0.15, -0.1) is 5.10 Å². The van der Waals surface area contributed by atoms with Crippen molar-refractivity contribution in [2.75, 3.05) is 13.1 Å². The monoisotopic (exact) mass is 307 g/mol. The molecule has 0 aliphatic carbocycles. The van der Waals surface area contributed by atoms with Gasteiger partial charge in [-0.1, -0.05) is 5.21 Å². The maximum atomic E-state index is 12.8. The number of carbonyl (C=O) groups excluding carboxylic acids is 1. The molecule has 0 spiro atoms. The zero-order valence-corrected chi connectivity index (χ0v) is 12.9. The summed E-state index contributed by atoms with van der Waals surface area (Å²) in [6, 6.07) is 7.90. The summed E-state index contributed by atoms with van der Waals surface area (Å²) >= 11 is 0. The molecule has 0 radical (unpaired) electrons. The minimum atomic E-state index is 0.0674. The fourth-order valence-electron chi connectivity index (χ4n) is 3.15. The molecule has 1 atom stereocenters. The average Bonchev–Trinajstić information content (AvgIpc) is 3.25. The third kappa shape index (κ3) is 2.46. The molecular formula is C17H17N5O. The molecule has 0 N–H and O–H groups in total. The maximum Gasteiger partial charge on any atom is 0.253 e. The molecule has 6 heteroatoms. The molecule has 3 heterocycles. The molecule has 0 saturated carbocycles. The molecule has 23 heavy (non-hydrogen) atoms. The number of amides is 1. The van der Waals surface area contributed by atoms with Crippen LogP contribution in [0, 0.1) is 6.92 Å². The Hall–Kier alpha value is -2.76. The van der Waals surface area contributed by atoms with Gasteiger partial charge in [-0.3, -0.25) is 9.78 Å². The van der Waals surface area contributed by atoms with Gasteiger partial charge in [0.1, 0.15) is 0 Å². The van der Waals surface area contributed by atoms with Crippen molar-refractivity contribution >= 4 is 16.8 Å². The number of hydrogen-bond donors (Lipinski definition) is 0. The highest BCUT2D eigenvalue weighted by Gasteiger charge is 2.28. The quantitative estimate of drug-likeness (QED) is 0.728. The van der Waals surface area contributed by atoms with Crippen LogP contribution in [0.1, 0.15) is 28.4 Å². The van der Waals surface area contributed by atoms with Gasteiger partial charge in [0, 0.05) is 36.4 Å². The van der Waals surface area contributed by atoms with Gasteiger partial charge in [-0.2, -0.15) is 0 Å². The van der Waals surface area contributed by atoms with Crippen LogP contribution in [0.15, 0.2) is 42.9 Å². The summed E-state index contributed by atoms with van der Waals surface area (Å²) < 4.78 is 1.84. The zero-order valence-electron chi connectivity index (χ0n) is 12.9. The van der Waals surface area contributed by atoms with Crippen LogP contribution >= 0.6 is 0 Å². The smallest absolute Gasteiger partial charge is 0.253 e. The lowest BCUT2D eigenvalue weighted by Crippen LogP contribution is -2.29. The Morgan fingerprint density at radius 2 is 2.17 bits per heavy atom. The zero-order chi connectivity index (χ0) is 15.8. The number of benzene rings is 1. The lowest BCUT2D eigenvalue weighted by atomic mass is 10.1. The molecule has 1 saturated heterocycles. The lowest BCUT2D eigenvalue weighted by molar-refractivity contribution is 0.0787. The Labute approximate surface area is 133 Å². The predicted octanol–water partition coefficient (Wildman–Crippen LogP) is 2.22. The highest BCUT2D eigenvalue weighted by atomic mass is 16.2. The molecule has 1 amide bonds. The molecule has 1 unspecified atom stereocenters. The first-order valence-corrected chi connectivity index (χ1v) is 7.73. The van der Waals surface area contributed by atoms with Gasteiger partial charge >= 0.3 is 0 Å². The van der Waals surface area contributed by atoms with Crippen molar-refractivity contribution < 1.29 is 4.79 Å². The van der Waals surface area contributed by atoms with E-state index >= 15 is 0 Å². The predicted molar refractivity (Wildman–Crippen MR) is 86.1 cm³/mol.